The topological polar surface area (TPSA) is 66.6 Å². The van der Waals surface area contributed by atoms with Crippen molar-refractivity contribution in [2.45, 2.75) is 25.3 Å². The summed E-state index contributed by atoms with van der Waals surface area (Å²) in [4.78, 5) is 12.6. The van der Waals surface area contributed by atoms with E-state index in [2.05, 4.69) is 0 Å². The number of hydrogen-bond acceptors (Lipinski definition) is 4. The predicted octanol–water partition coefficient (Wildman–Crippen LogP) is 1.95. The van der Waals surface area contributed by atoms with Crippen molar-refractivity contribution in [3.63, 3.8) is 0 Å². The number of anilines is 1. The van der Waals surface area contributed by atoms with Gasteiger partial charge in [-0.2, -0.15) is 0 Å². The second-order valence-electron chi connectivity index (χ2n) is 4.27. The normalized spacial score (nSPS) is 20.3. The molecular weight excluding hydrogens is 220 g/mol. The number of benzene rings is 1. The van der Waals surface area contributed by atoms with Gasteiger partial charge >= 0.3 is 0 Å². The molecule has 1 aromatic carbocycles. The third-order valence-electron chi connectivity index (χ3n) is 3.23. The van der Waals surface area contributed by atoms with Gasteiger partial charge in [0.15, 0.2) is 0 Å². The van der Waals surface area contributed by atoms with E-state index in [-0.39, 0.29) is 23.3 Å². The van der Waals surface area contributed by atoms with Crippen LogP contribution in [-0.4, -0.2) is 29.2 Å². The molecule has 5 heteroatoms. The van der Waals surface area contributed by atoms with E-state index in [9.17, 15) is 15.2 Å². The lowest BCUT2D eigenvalue weighted by Gasteiger charge is -2.36. The van der Waals surface area contributed by atoms with Crippen LogP contribution in [0.15, 0.2) is 24.3 Å². The summed E-state index contributed by atoms with van der Waals surface area (Å²) >= 11 is 0. The molecule has 1 fully saturated rings. The molecule has 5 nitrogen and oxygen atoms in total. The van der Waals surface area contributed by atoms with Crippen LogP contribution in [0.1, 0.15) is 19.3 Å². The average molecular weight is 236 g/mol. The van der Waals surface area contributed by atoms with Crippen molar-refractivity contribution >= 4 is 11.4 Å². The van der Waals surface area contributed by atoms with Gasteiger partial charge in [-0.25, -0.2) is 0 Å². The highest BCUT2D eigenvalue weighted by atomic mass is 16.6. The van der Waals surface area contributed by atoms with Crippen molar-refractivity contribution in [2.75, 3.05) is 18.1 Å². The van der Waals surface area contributed by atoms with E-state index in [4.69, 9.17) is 0 Å². The van der Waals surface area contributed by atoms with Crippen molar-refractivity contribution < 1.29 is 10.0 Å². The van der Waals surface area contributed by atoms with Crippen LogP contribution in [0.3, 0.4) is 0 Å². The first-order chi connectivity index (χ1) is 8.24. The molecule has 1 N–H and O–H groups in total. The SMILES string of the molecule is O=[N+]([O-])c1ccccc1N1CCCC[C@H]1CO. The summed E-state index contributed by atoms with van der Waals surface area (Å²) in [5.41, 5.74) is 0.740. The van der Waals surface area contributed by atoms with Gasteiger partial charge in [-0.1, -0.05) is 12.1 Å². The molecule has 1 atom stereocenters. The Morgan fingerprint density at radius 2 is 2.18 bits per heavy atom. The number of hydrogen-bond donors (Lipinski definition) is 1. The molecule has 17 heavy (non-hydrogen) atoms. The molecule has 1 saturated heterocycles. The van der Waals surface area contributed by atoms with Gasteiger partial charge < -0.3 is 10.0 Å². The van der Waals surface area contributed by atoms with Crippen molar-refractivity contribution in [1.29, 1.82) is 0 Å². The van der Waals surface area contributed by atoms with Crippen LogP contribution in [0, 0.1) is 10.1 Å². The molecule has 2 rings (SSSR count). The number of para-hydroxylation sites is 2. The van der Waals surface area contributed by atoms with E-state index in [0.29, 0.717) is 5.69 Å². The first-order valence-electron chi connectivity index (χ1n) is 5.85. The molecule has 1 aliphatic rings. The molecule has 0 amide bonds. The lowest BCUT2D eigenvalue weighted by Crippen LogP contribution is -2.42. The zero-order valence-electron chi connectivity index (χ0n) is 9.58. The minimum absolute atomic E-state index is 0.00449. The molecule has 0 saturated carbocycles. The Hall–Kier alpha value is -1.62. The smallest absolute Gasteiger partial charge is 0.292 e. The van der Waals surface area contributed by atoms with Gasteiger partial charge in [0.1, 0.15) is 5.69 Å². The fraction of sp³-hybridized carbons (Fsp3) is 0.500. The van der Waals surface area contributed by atoms with Gasteiger partial charge in [-0.05, 0) is 25.3 Å². The van der Waals surface area contributed by atoms with Crippen LogP contribution >= 0.6 is 0 Å². The van der Waals surface area contributed by atoms with Gasteiger partial charge in [0.2, 0.25) is 0 Å². The molecule has 0 spiro atoms. The van der Waals surface area contributed by atoms with Crippen LogP contribution in [0.25, 0.3) is 0 Å². The molecule has 0 radical (unpaired) electrons. The van der Waals surface area contributed by atoms with Crippen molar-refractivity contribution in [3.05, 3.63) is 34.4 Å². The second-order valence-corrected chi connectivity index (χ2v) is 4.27. The van der Waals surface area contributed by atoms with Gasteiger partial charge in [-0.15, -0.1) is 0 Å². The fourth-order valence-electron chi connectivity index (χ4n) is 2.37. The Morgan fingerprint density at radius 3 is 2.88 bits per heavy atom. The summed E-state index contributed by atoms with van der Waals surface area (Å²) in [6.07, 6.45) is 2.98. The maximum atomic E-state index is 11.0. The third kappa shape index (κ3) is 2.39. The molecule has 0 aromatic heterocycles. The monoisotopic (exact) mass is 236 g/mol. The minimum atomic E-state index is -0.363. The zero-order valence-corrected chi connectivity index (χ0v) is 9.58. The van der Waals surface area contributed by atoms with Crippen LogP contribution in [0.5, 0.6) is 0 Å². The highest BCUT2D eigenvalue weighted by molar-refractivity contribution is 5.63. The average Bonchev–Trinajstić information content (AvgIpc) is 2.38. The van der Waals surface area contributed by atoms with Gasteiger partial charge in [0.05, 0.1) is 17.6 Å². The Labute approximate surface area is 99.8 Å². The Kier molecular flexibility index (Phi) is 3.58. The predicted molar refractivity (Wildman–Crippen MR) is 65.2 cm³/mol. The highest BCUT2D eigenvalue weighted by Gasteiger charge is 2.26. The van der Waals surface area contributed by atoms with E-state index in [0.717, 1.165) is 25.8 Å². The highest BCUT2D eigenvalue weighted by Crippen LogP contribution is 2.32. The first kappa shape index (κ1) is 11.9. The maximum Gasteiger partial charge on any atom is 0.292 e. The van der Waals surface area contributed by atoms with Crippen molar-refractivity contribution in [2.24, 2.45) is 0 Å². The lowest BCUT2D eigenvalue weighted by atomic mass is 10.0. The van der Waals surface area contributed by atoms with Crippen molar-refractivity contribution in [3.8, 4) is 0 Å². The Morgan fingerprint density at radius 1 is 1.41 bits per heavy atom. The van der Waals surface area contributed by atoms with E-state index in [1.807, 2.05) is 4.90 Å². The molecule has 1 heterocycles. The number of aliphatic hydroxyl groups excluding tert-OH is 1. The number of nitro benzene ring substituents is 1. The molecule has 1 aliphatic heterocycles. The molecule has 92 valence electrons. The number of rotatable bonds is 3. The number of piperidine rings is 1. The van der Waals surface area contributed by atoms with E-state index < -0.39 is 0 Å². The Bertz CT molecular complexity index is 408. The minimum Gasteiger partial charge on any atom is -0.394 e. The largest absolute Gasteiger partial charge is 0.394 e. The zero-order chi connectivity index (χ0) is 12.3. The summed E-state index contributed by atoms with van der Waals surface area (Å²) in [6.45, 7) is 0.822. The van der Waals surface area contributed by atoms with E-state index >= 15 is 0 Å². The standard InChI is InChI=1S/C12H16N2O3/c15-9-10-5-3-4-8-13(10)11-6-1-2-7-12(11)14(16)17/h1-2,6-7,10,15H,3-5,8-9H2/t10-/m0/s1. The molecular formula is C12H16N2O3. The van der Waals surface area contributed by atoms with E-state index in [1.165, 1.54) is 6.07 Å². The molecule has 0 bridgehead atoms. The second kappa shape index (κ2) is 5.14. The van der Waals surface area contributed by atoms with E-state index in [1.54, 1.807) is 18.2 Å². The number of nitrogens with zero attached hydrogens (tertiary/aromatic N) is 2. The van der Waals surface area contributed by atoms with Crippen LogP contribution in [-0.2, 0) is 0 Å². The van der Waals surface area contributed by atoms with Crippen LogP contribution in [0.2, 0.25) is 0 Å². The Balaban J connectivity index is 2.34. The van der Waals surface area contributed by atoms with Gasteiger partial charge in [0, 0.05) is 12.6 Å². The first-order valence-corrected chi connectivity index (χ1v) is 5.85. The van der Waals surface area contributed by atoms with Crippen LogP contribution in [0.4, 0.5) is 11.4 Å². The summed E-state index contributed by atoms with van der Waals surface area (Å²) in [7, 11) is 0. The fourth-order valence-corrected chi connectivity index (χ4v) is 2.37. The number of aliphatic hydroxyl groups is 1. The summed E-state index contributed by atoms with van der Waals surface area (Å²) in [5.74, 6) is 0. The number of nitro groups is 1. The third-order valence-corrected chi connectivity index (χ3v) is 3.23. The van der Waals surface area contributed by atoms with Crippen molar-refractivity contribution in [1.82, 2.24) is 0 Å². The van der Waals surface area contributed by atoms with Crippen LogP contribution < -0.4 is 4.90 Å². The molecule has 0 aliphatic carbocycles. The summed E-state index contributed by atoms with van der Waals surface area (Å²) in [5, 5.41) is 20.3. The molecule has 0 unspecified atom stereocenters. The summed E-state index contributed by atoms with van der Waals surface area (Å²) < 4.78 is 0. The molecule has 1 aromatic rings. The quantitative estimate of drug-likeness (QED) is 0.643. The lowest BCUT2D eigenvalue weighted by molar-refractivity contribution is -0.384. The van der Waals surface area contributed by atoms with Gasteiger partial charge in [-0.3, -0.25) is 10.1 Å². The summed E-state index contributed by atoms with van der Waals surface area (Å²) in [6, 6.07) is 6.74. The maximum absolute atomic E-state index is 11.0. The van der Waals surface area contributed by atoms with Gasteiger partial charge in [0.25, 0.3) is 5.69 Å².